The number of rotatable bonds is 8. The second-order valence-electron chi connectivity index (χ2n) is 5.18. The SMILES string of the molecule is Clc1ccc(-c2ccc(CNCCCSc3ncccn3)o2)cc1. The second-order valence-corrected chi connectivity index (χ2v) is 6.68. The highest BCUT2D eigenvalue weighted by Gasteiger charge is 2.04. The van der Waals surface area contributed by atoms with Crippen molar-refractivity contribution in [2.45, 2.75) is 18.1 Å². The van der Waals surface area contributed by atoms with Gasteiger partial charge >= 0.3 is 0 Å². The molecule has 4 nitrogen and oxygen atoms in total. The Morgan fingerprint density at radius 3 is 2.62 bits per heavy atom. The third-order valence-corrected chi connectivity index (χ3v) is 4.57. The van der Waals surface area contributed by atoms with Crippen molar-refractivity contribution in [2.75, 3.05) is 12.3 Å². The predicted molar refractivity (Wildman–Crippen MR) is 98.2 cm³/mol. The Labute approximate surface area is 150 Å². The van der Waals surface area contributed by atoms with Gasteiger partial charge in [0.1, 0.15) is 11.5 Å². The number of hydrogen-bond acceptors (Lipinski definition) is 5. The molecule has 0 saturated heterocycles. The van der Waals surface area contributed by atoms with Crippen molar-refractivity contribution in [3.63, 3.8) is 0 Å². The number of furan rings is 1. The molecule has 3 aromatic rings. The Morgan fingerprint density at radius 1 is 1.04 bits per heavy atom. The molecule has 0 saturated carbocycles. The zero-order valence-electron chi connectivity index (χ0n) is 13.1. The molecule has 0 fully saturated rings. The van der Waals surface area contributed by atoms with Gasteiger partial charge in [-0.2, -0.15) is 0 Å². The summed E-state index contributed by atoms with van der Waals surface area (Å²) in [6.07, 6.45) is 4.58. The Hall–Kier alpha value is -1.82. The summed E-state index contributed by atoms with van der Waals surface area (Å²) in [4.78, 5) is 8.38. The van der Waals surface area contributed by atoms with E-state index in [-0.39, 0.29) is 0 Å². The normalized spacial score (nSPS) is 10.9. The van der Waals surface area contributed by atoms with Gasteiger partial charge in [-0.05, 0) is 55.4 Å². The maximum atomic E-state index is 5.90. The van der Waals surface area contributed by atoms with E-state index in [2.05, 4.69) is 15.3 Å². The molecule has 6 heteroatoms. The monoisotopic (exact) mass is 359 g/mol. The molecule has 1 N–H and O–H groups in total. The highest BCUT2D eigenvalue weighted by atomic mass is 35.5. The van der Waals surface area contributed by atoms with E-state index in [4.69, 9.17) is 16.0 Å². The molecule has 0 unspecified atom stereocenters. The number of hydrogen-bond donors (Lipinski definition) is 1. The van der Waals surface area contributed by atoms with Crippen molar-refractivity contribution < 1.29 is 4.42 Å². The fourth-order valence-corrected chi connectivity index (χ4v) is 3.04. The standard InChI is InChI=1S/C18H18ClN3OS/c19-15-5-3-14(4-6-15)17-8-7-16(23-17)13-20-9-2-12-24-18-21-10-1-11-22-18/h1,3-8,10-11,20H,2,9,12-13H2. The van der Waals surface area contributed by atoms with E-state index in [1.807, 2.05) is 42.5 Å². The van der Waals surface area contributed by atoms with Crippen molar-refractivity contribution in [1.82, 2.24) is 15.3 Å². The minimum atomic E-state index is 0.722. The van der Waals surface area contributed by atoms with Gasteiger partial charge in [-0.3, -0.25) is 0 Å². The summed E-state index contributed by atoms with van der Waals surface area (Å²) in [5, 5.41) is 4.95. The van der Waals surface area contributed by atoms with Crippen LogP contribution in [0.15, 0.2) is 64.4 Å². The molecule has 0 radical (unpaired) electrons. The Bertz CT molecular complexity index is 746. The first-order chi connectivity index (χ1) is 11.8. The van der Waals surface area contributed by atoms with Crippen molar-refractivity contribution in [3.05, 3.63) is 65.6 Å². The average molecular weight is 360 g/mol. The lowest BCUT2D eigenvalue weighted by atomic mass is 10.2. The Kier molecular flexibility index (Phi) is 6.29. The first-order valence-electron chi connectivity index (χ1n) is 7.76. The van der Waals surface area contributed by atoms with Gasteiger partial charge in [0.2, 0.25) is 0 Å². The second kappa shape index (κ2) is 8.87. The minimum Gasteiger partial charge on any atom is -0.460 e. The van der Waals surface area contributed by atoms with Crippen LogP contribution in [0.2, 0.25) is 5.02 Å². The summed E-state index contributed by atoms with van der Waals surface area (Å²) in [5.41, 5.74) is 1.03. The van der Waals surface area contributed by atoms with Gasteiger partial charge < -0.3 is 9.73 Å². The molecule has 2 heterocycles. The van der Waals surface area contributed by atoms with Crippen LogP contribution in [0.1, 0.15) is 12.2 Å². The van der Waals surface area contributed by atoms with Gasteiger partial charge in [-0.15, -0.1) is 0 Å². The highest BCUT2D eigenvalue weighted by molar-refractivity contribution is 7.99. The van der Waals surface area contributed by atoms with E-state index in [0.29, 0.717) is 0 Å². The van der Waals surface area contributed by atoms with Crippen LogP contribution in [0.3, 0.4) is 0 Å². The molecular formula is C18H18ClN3OS. The number of nitrogens with zero attached hydrogens (tertiary/aromatic N) is 2. The minimum absolute atomic E-state index is 0.722. The van der Waals surface area contributed by atoms with Gasteiger partial charge in [0.25, 0.3) is 0 Å². The average Bonchev–Trinajstić information content (AvgIpc) is 3.08. The van der Waals surface area contributed by atoms with Gasteiger partial charge in [0, 0.05) is 28.7 Å². The van der Waals surface area contributed by atoms with E-state index in [1.165, 1.54) is 0 Å². The largest absolute Gasteiger partial charge is 0.460 e. The first kappa shape index (κ1) is 17.0. The van der Waals surface area contributed by atoms with Crippen LogP contribution in [0.4, 0.5) is 0 Å². The summed E-state index contributed by atoms with van der Waals surface area (Å²) in [6.45, 7) is 1.65. The molecule has 3 rings (SSSR count). The van der Waals surface area contributed by atoms with E-state index in [1.54, 1.807) is 24.2 Å². The smallest absolute Gasteiger partial charge is 0.187 e. The molecular weight excluding hydrogens is 342 g/mol. The van der Waals surface area contributed by atoms with E-state index < -0.39 is 0 Å². The van der Waals surface area contributed by atoms with Crippen LogP contribution >= 0.6 is 23.4 Å². The number of aromatic nitrogens is 2. The lowest BCUT2D eigenvalue weighted by Crippen LogP contribution is -2.14. The molecule has 0 amide bonds. The summed E-state index contributed by atoms with van der Waals surface area (Å²) < 4.78 is 5.85. The van der Waals surface area contributed by atoms with Gasteiger partial charge in [-0.1, -0.05) is 23.4 Å². The summed E-state index contributed by atoms with van der Waals surface area (Å²) >= 11 is 7.58. The summed E-state index contributed by atoms with van der Waals surface area (Å²) in [7, 11) is 0. The van der Waals surface area contributed by atoms with Crippen molar-refractivity contribution in [1.29, 1.82) is 0 Å². The van der Waals surface area contributed by atoms with Crippen LogP contribution in [0.25, 0.3) is 11.3 Å². The highest BCUT2D eigenvalue weighted by Crippen LogP contribution is 2.23. The molecule has 2 aromatic heterocycles. The van der Waals surface area contributed by atoms with Crippen LogP contribution in [0.5, 0.6) is 0 Å². The van der Waals surface area contributed by atoms with Gasteiger partial charge in [0.15, 0.2) is 5.16 Å². The van der Waals surface area contributed by atoms with Gasteiger partial charge in [-0.25, -0.2) is 9.97 Å². The van der Waals surface area contributed by atoms with Crippen LogP contribution in [0, 0.1) is 0 Å². The molecule has 0 aliphatic carbocycles. The summed E-state index contributed by atoms with van der Waals surface area (Å²) in [5.74, 6) is 2.78. The third kappa shape index (κ3) is 5.09. The molecule has 1 aromatic carbocycles. The molecule has 24 heavy (non-hydrogen) atoms. The van der Waals surface area contributed by atoms with E-state index in [9.17, 15) is 0 Å². The molecule has 0 bridgehead atoms. The quantitative estimate of drug-likeness (QED) is 0.360. The predicted octanol–water partition coefficient (Wildman–Crippen LogP) is 4.66. The Morgan fingerprint density at radius 2 is 1.83 bits per heavy atom. The topological polar surface area (TPSA) is 51.0 Å². The molecule has 0 spiro atoms. The van der Waals surface area contributed by atoms with E-state index in [0.717, 1.165) is 52.5 Å². The first-order valence-corrected chi connectivity index (χ1v) is 9.13. The van der Waals surface area contributed by atoms with Crippen LogP contribution in [-0.2, 0) is 6.54 Å². The van der Waals surface area contributed by atoms with Gasteiger partial charge in [0.05, 0.1) is 6.54 Å². The van der Waals surface area contributed by atoms with Crippen molar-refractivity contribution in [3.8, 4) is 11.3 Å². The maximum Gasteiger partial charge on any atom is 0.187 e. The van der Waals surface area contributed by atoms with Crippen molar-refractivity contribution >= 4 is 23.4 Å². The fourth-order valence-electron chi connectivity index (χ4n) is 2.17. The zero-order valence-corrected chi connectivity index (χ0v) is 14.7. The van der Waals surface area contributed by atoms with E-state index >= 15 is 0 Å². The maximum absolute atomic E-state index is 5.90. The third-order valence-electron chi connectivity index (χ3n) is 3.36. The Balaban J connectivity index is 1.37. The molecule has 124 valence electrons. The zero-order chi connectivity index (χ0) is 16.6. The fraction of sp³-hybridized carbons (Fsp3) is 0.222. The lowest BCUT2D eigenvalue weighted by Gasteiger charge is -2.03. The van der Waals surface area contributed by atoms with Crippen LogP contribution < -0.4 is 5.32 Å². The molecule has 0 aliphatic rings. The van der Waals surface area contributed by atoms with Crippen LogP contribution in [-0.4, -0.2) is 22.3 Å². The number of benzene rings is 1. The molecule has 0 aliphatic heterocycles. The number of halogens is 1. The number of nitrogens with one attached hydrogen (secondary N) is 1. The lowest BCUT2D eigenvalue weighted by molar-refractivity contribution is 0.494. The molecule has 0 atom stereocenters. The summed E-state index contributed by atoms with van der Waals surface area (Å²) in [6, 6.07) is 13.5. The number of thioether (sulfide) groups is 1. The van der Waals surface area contributed by atoms with Crippen molar-refractivity contribution in [2.24, 2.45) is 0 Å².